The van der Waals surface area contributed by atoms with Gasteiger partial charge in [-0.1, -0.05) is 30.3 Å². The van der Waals surface area contributed by atoms with Crippen LogP contribution in [-0.4, -0.2) is 0 Å². The average Bonchev–Trinajstić information content (AvgIpc) is 2.30. The van der Waals surface area contributed by atoms with E-state index in [-0.39, 0.29) is 5.82 Å². The van der Waals surface area contributed by atoms with Crippen molar-refractivity contribution in [2.24, 2.45) is 5.73 Å². The second-order valence-electron chi connectivity index (χ2n) is 3.55. The Kier molecular flexibility index (Phi) is 3.56. The molecule has 2 rings (SSSR count). The van der Waals surface area contributed by atoms with E-state index in [4.69, 9.17) is 5.73 Å². The van der Waals surface area contributed by atoms with Crippen LogP contribution in [0.2, 0.25) is 0 Å². The summed E-state index contributed by atoms with van der Waals surface area (Å²) < 4.78 is 14.7. The predicted octanol–water partition coefficient (Wildman–Crippen LogP) is 3.48. The zero-order valence-corrected chi connectivity index (χ0v) is 10.7. The van der Waals surface area contributed by atoms with Gasteiger partial charge in [-0.2, -0.15) is 0 Å². The van der Waals surface area contributed by atoms with Crippen molar-refractivity contribution in [2.75, 3.05) is 0 Å². The molecule has 0 spiro atoms. The van der Waals surface area contributed by atoms with Crippen molar-refractivity contribution in [1.29, 1.82) is 0 Å². The Bertz CT molecular complexity index is 482. The molecule has 0 radical (unpaired) electrons. The fraction of sp³-hybridized carbons (Fsp3) is 0.0769. The van der Waals surface area contributed by atoms with Gasteiger partial charge in [0.25, 0.3) is 0 Å². The van der Waals surface area contributed by atoms with Gasteiger partial charge in [-0.3, -0.25) is 0 Å². The first-order valence-corrected chi connectivity index (χ1v) is 6.02. The number of nitrogens with two attached hydrogens (primary N) is 1. The largest absolute Gasteiger partial charge is 0.320 e. The van der Waals surface area contributed by atoms with Gasteiger partial charge in [0.15, 0.2) is 0 Å². The minimum Gasteiger partial charge on any atom is -0.320 e. The molecule has 0 fully saturated rings. The third-order valence-electron chi connectivity index (χ3n) is 2.47. The van der Waals surface area contributed by atoms with E-state index in [9.17, 15) is 4.39 Å². The fourth-order valence-electron chi connectivity index (χ4n) is 1.58. The monoisotopic (exact) mass is 327 g/mol. The van der Waals surface area contributed by atoms with Gasteiger partial charge >= 0.3 is 0 Å². The third-order valence-corrected chi connectivity index (χ3v) is 3.19. The second-order valence-corrected chi connectivity index (χ2v) is 4.80. The fourth-order valence-corrected chi connectivity index (χ4v) is 1.94. The third kappa shape index (κ3) is 2.41. The second kappa shape index (κ2) is 4.93. The van der Waals surface area contributed by atoms with Gasteiger partial charge in [0, 0.05) is 9.13 Å². The van der Waals surface area contributed by atoms with Crippen molar-refractivity contribution in [3.8, 4) is 0 Å². The molecule has 0 aliphatic rings. The molecule has 0 saturated heterocycles. The van der Waals surface area contributed by atoms with Crippen LogP contribution in [0.3, 0.4) is 0 Å². The highest BCUT2D eigenvalue weighted by atomic mass is 127. The van der Waals surface area contributed by atoms with Crippen molar-refractivity contribution >= 4 is 22.6 Å². The standard InChI is InChI=1S/C13H11FIN/c14-12-4-2-1-3-11(12)13(16)9-5-7-10(15)8-6-9/h1-8,13H,16H2. The molecule has 0 heterocycles. The topological polar surface area (TPSA) is 26.0 Å². The number of rotatable bonds is 2. The molecule has 2 N–H and O–H groups in total. The van der Waals surface area contributed by atoms with Crippen LogP contribution in [-0.2, 0) is 0 Å². The molecule has 0 saturated carbocycles. The highest BCUT2D eigenvalue weighted by molar-refractivity contribution is 14.1. The normalized spacial score (nSPS) is 12.4. The molecular formula is C13H11FIN. The lowest BCUT2D eigenvalue weighted by Crippen LogP contribution is -2.13. The number of benzene rings is 2. The van der Waals surface area contributed by atoms with Crippen LogP contribution < -0.4 is 5.73 Å². The SMILES string of the molecule is NC(c1ccc(I)cc1)c1ccccc1F. The summed E-state index contributed by atoms with van der Waals surface area (Å²) in [4.78, 5) is 0. The lowest BCUT2D eigenvalue weighted by atomic mass is 9.99. The van der Waals surface area contributed by atoms with E-state index in [1.54, 1.807) is 18.2 Å². The molecule has 0 bridgehead atoms. The van der Waals surface area contributed by atoms with Crippen LogP contribution >= 0.6 is 22.6 Å². The maximum Gasteiger partial charge on any atom is 0.128 e. The van der Waals surface area contributed by atoms with Crippen molar-refractivity contribution in [3.63, 3.8) is 0 Å². The first kappa shape index (κ1) is 11.5. The van der Waals surface area contributed by atoms with Crippen LogP contribution in [0, 0.1) is 9.39 Å². The van der Waals surface area contributed by atoms with E-state index < -0.39 is 6.04 Å². The Morgan fingerprint density at radius 3 is 2.25 bits per heavy atom. The highest BCUT2D eigenvalue weighted by Crippen LogP contribution is 2.22. The molecule has 1 nitrogen and oxygen atoms in total. The Labute approximate surface area is 108 Å². The molecule has 16 heavy (non-hydrogen) atoms. The van der Waals surface area contributed by atoms with Gasteiger partial charge < -0.3 is 5.73 Å². The number of hydrogen-bond donors (Lipinski definition) is 1. The zero-order valence-electron chi connectivity index (χ0n) is 8.53. The quantitative estimate of drug-likeness (QED) is 0.840. The minimum absolute atomic E-state index is 0.256. The van der Waals surface area contributed by atoms with Crippen LogP contribution in [0.15, 0.2) is 48.5 Å². The highest BCUT2D eigenvalue weighted by Gasteiger charge is 2.12. The summed E-state index contributed by atoms with van der Waals surface area (Å²) in [5, 5.41) is 0. The molecular weight excluding hydrogens is 316 g/mol. The molecule has 1 atom stereocenters. The van der Waals surface area contributed by atoms with Crippen LogP contribution in [0.25, 0.3) is 0 Å². The van der Waals surface area contributed by atoms with E-state index in [0.717, 1.165) is 9.13 Å². The van der Waals surface area contributed by atoms with Crippen molar-refractivity contribution in [1.82, 2.24) is 0 Å². The molecule has 0 aliphatic heterocycles. The van der Waals surface area contributed by atoms with E-state index >= 15 is 0 Å². The maximum atomic E-state index is 13.5. The van der Waals surface area contributed by atoms with Gasteiger partial charge in [0.2, 0.25) is 0 Å². The average molecular weight is 327 g/mol. The van der Waals surface area contributed by atoms with Crippen LogP contribution in [0.1, 0.15) is 17.2 Å². The number of halogens is 2. The molecule has 82 valence electrons. The Balaban J connectivity index is 2.35. The molecule has 0 aliphatic carbocycles. The summed E-state index contributed by atoms with van der Waals surface area (Å²) in [6.45, 7) is 0. The first-order valence-electron chi connectivity index (χ1n) is 4.94. The van der Waals surface area contributed by atoms with Gasteiger partial charge in [0.05, 0.1) is 6.04 Å². The summed E-state index contributed by atoms with van der Waals surface area (Å²) in [6, 6.07) is 14.0. The molecule has 2 aromatic rings. The summed E-state index contributed by atoms with van der Waals surface area (Å²) >= 11 is 2.23. The molecule has 1 unspecified atom stereocenters. The van der Waals surface area contributed by atoms with E-state index in [0.29, 0.717) is 5.56 Å². The van der Waals surface area contributed by atoms with Gasteiger partial charge in [-0.05, 0) is 46.4 Å². The predicted molar refractivity (Wildman–Crippen MR) is 71.6 cm³/mol. The van der Waals surface area contributed by atoms with E-state index in [1.807, 2.05) is 24.3 Å². The van der Waals surface area contributed by atoms with Crippen molar-refractivity contribution in [2.45, 2.75) is 6.04 Å². The summed E-state index contributed by atoms with van der Waals surface area (Å²) in [5.41, 5.74) is 7.48. The van der Waals surface area contributed by atoms with Crippen molar-refractivity contribution in [3.05, 3.63) is 69.0 Å². The molecule has 2 aromatic carbocycles. The van der Waals surface area contributed by atoms with E-state index in [2.05, 4.69) is 22.6 Å². The molecule has 3 heteroatoms. The van der Waals surface area contributed by atoms with Crippen LogP contribution in [0.4, 0.5) is 4.39 Å². The van der Waals surface area contributed by atoms with Crippen molar-refractivity contribution < 1.29 is 4.39 Å². The van der Waals surface area contributed by atoms with Gasteiger partial charge in [0.1, 0.15) is 5.82 Å². The Hall–Kier alpha value is -0.940. The molecule has 0 amide bonds. The maximum absolute atomic E-state index is 13.5. The molecule has 0 aromatic heterocycles. The van der Waals surface area contributed by atoms with E-state index in [1.165, 1.54) is 6.07 Å². The lowest BCUT2D eigenvalue weighted by Gasteiger charge is -2.13. The Morgan fingerprint density at radius 2 is 1.62 bits per heavy atom. The van der Waals surface area contributed by atoms with Gasteiger partial charge in [-0.15, -0.1) is 0 Å². The minimum atomic E-state index is -0.404. The smallest absolute Gasteiger partial charge is 0.128 e. The number of hydrogen-bond acceptors (Lipinski definition) is 1. The zero-order chi connectivity index (χ0) is 11.5. The Morgan fingerprint density at radius 1 is 1.00 bits per heavy atom. The first-order chi connectivity index (χ1) is 7.68. The van der Waals surface area contributed by atoms with Gasteiger partial charge in [-0.25, -0.2) is 4.39 Å². The lowest BCUT2D eigenvalue weighted by molar-refractivity contribution is 0.599. The summed E-state index contributed by atoms with van der Waals surface area (Å²) in [5.74, 6) is -0.256. The van der Waals surface area contributed by atoms with Crippen LogP contribution in [0.5, 0.6) is 0 Å². The summed E-state index contributed by atoms with van der Waals surface area (Å²) in [6.07, 6.45) is 0. The summed E-state index contributed by atoms with van der Waals surface area (Å²) in [7, 11) is 0.